The van der Waals surface area contributed by atoms with Crippen molar-refractivity contribution in [1.29, 1.82) is 0 Å². The van der Waals surface area contributed by atoms with Gasteiger partial charge in [0.2, 0.25) is 0 Å². The zero-order chi connectivity index (χ0) is 22.7. The minimum atomic E-state index is -1.62. The predicted octanol–water partition coefficient (Wildman–Crippen LogP) is 7.12. The quantitative estimate of drug-likeness (QED) is 0.138. The zero-order valence-corrected chi connectivity index (χ0v) is 21.0. The van der Waals surface area contributed by atoms with E-state index >= 15 is 0 Å². The third-order valence-electron chi connectivity index (χ3n) is 7.57. The highest BCUT2D eigenvalue weighted by atomic mass is 28.3. The highest BCUT2D eigenvalue weighted by Crippen LogP contribution is 2.53. The third-order valence-corrected chi connectivity index (χ3v) is 14.5. The van der Waals surface area contributed by atoms with Gasteiger partial charge in [0.1, 0.15) is 0 Å². The zero-order valence-electron chi connectivity index (χ0n) is 20.0. The van der Waals surface area contributed by atoms with Gasteiger partial charge in [0, 0.05) is 11.1 Å². The molecule has 5 heteroatoms. The average Bonchev–Trinajstić information content (AvgIpc) is 2.78. The van der Waals surface area contributed by atoms with E-state index < -0.39 is 8.07 Å². The summed E-state index contributed by atoms with van der Waals surface area (Å²) in [6.45, 7) is 11.8. The average molecular weight is 449 g/mol. The van der Waals surface area contributed by atoms with E-state index in [1.165, 1.54) is 76.3 Å². The maximum absolute atomic E-state index is 11.8. The van der Waals surface area contributed by atoms with Crippen LogP contribution in [-0.4, -0.2) is 33.2 Å². The van der Waals surface area contributed by atoms with E-state index in [9.17, 15) is 9.59 Å². The molecule has 176 valence electrons. The fourth-order valence-corrected chi connectivity index (χ4v) is 13.3. The molecule has 0 N–H and O–H groups in total. The first-order valence-electron chi connectivity index (χ1n) is 12.5. The Labute approximate surface area is 190 Å². The van der Waals surface area contributed by atoms with Gasteiger partial charge >= 0.3 is 11.9 Å². The molecule has 0 aliphatic heterocycles. The number of esters is 2. The van der Waals surface area contributed by atoms with Gasteiger partial charge in [-0.3, -0.25) is 0 Å². The van der Waals surface area contributed by atoms with Gasteiger partial charge < -0.3 is 9.47 Å². The van der Waals surface area contributed by atoms with Crippen molar-refractivity contribution in [2.24, 2.45) is 0 Å². The summed E-state index contributed by atoms with van der Waals surface area (Å²) in [6, 6.07) is 2.47. The Morgan fingerprint density at radius 2 is 1.06 bits per heavy atom. The number of ether oxygens (including phenoxy) is 2. The molecule has 2 saturated carbocycles. The fourth-order valence-electron chi connectivity index (χ4n) is 6.01. The topological polar surface area (TPSA) is 52.6 Å². The second kappa shape index (κ2) is 13.2. The Morgan fingerprint density at radius 3 is 1.39 bits per heavy atom. The van der Waals surface area contributed by atoms with Gasteiger partial charge in [-0.2, -0.15) is 0 Å². The van der Waals surface area contributed by atoms with Crippen LogP contribution >= 0.6 is 0 Å². The number of carbonyl (C=O) groups is 2. The largest absolute Gasteiger partial charge is 0.462 e. The van der Waals surface area contributed by atoms with E-state index in [4.69, 9.17) is 9.47 Å². The predicted molar refractivity (Wildman–Crippen MR) is 130 cm³/mol. The number of hydrogen-bond acceptors (Lipinski definition) is 4. The van der Waals surface area contributed by atoms with Crippen molar-refractivity contribution < 1.29 is 19.1 Å². The van der Waals surface area contributed by atoms with Crippen LogP contribution in [0.2, 0.25) is 23.2 Å². The Hall–Kier alpha value is -1.36. The summed E-state index contributed by atoms with van der Waals surface area (Å²) < 4.78 is 10.9. The van der Waals surface area contributed by atoms with Crippen LogP contribution in [0.3, 0.4) is 0 Å². The normalized spacial score (nSPS) is 18.4. The van der Waals surface area contributed by atoms with E-state index in [0.717, 1.165) is 23.9 Å². The van der Waals surface area contributed by atoms with Crippen molar-refractivity contribution in [1.82, 2.24) is 0 Å². The van der Waals surface area contributed by atoms with Crippen LogP contribution in [-0.2, 0) is 19.1 Å². The van der Waals surface area contributed by atoms with Gasteiger partial charge in [0.15, 0.2) is 0 Å². The van der Waals surface area contributed by atoms with Gasteiger partial charge in [-0.05, 0) is 37.8 Å². The van der Waals surface area contributed by atoms with Crippen LogP contribution in [0.15, 0.2) is 24.3 Å². The number of hydrogen-bond donors (Lipinski definition) is 0. The molecule has 0 aromatic rings. The Morgan fingerprint density at radius 1 is 0.710 bits per heavy atom. The van der Waals surface area contributed by atoms with Gasteiger partial charge in [-0.1, -0.05) is 89.5 Å². The van der Waals surface area contributed by atoms with Crippen LogP contribution in [0.1, 0.15) is 90.9 Å². The molecule has 0 radical (unpaired) electrons. The molecule has 0 aromatic heterocycles. The smallest absolute Gasteiger partial charge is 0.333 e. The first-order valence-corrected chi connectivity index (χ1v) is 15.1. The molecular formula is C26H44O4Si. The third kappa shape index (κ3) is 7.92. The minimum absolute atomic E-state index is 0.269. The van der Waals surface area contributed by atoms with Gasteiger partial charge in [-0.25, -0.2) is 9.59 Å². The highest BCUT2D eigenvalue weighted by Gasteiger charge is 2.46. The molecule has 2 rings (SSSR count). The van der Waals surface area contributed by atoms with Crippen LogP contribution in [0.25, 0.3) is 0 Å². The maximum Gasteiger partial charge on any atom is 0.333 e. The second-order valence-electron chi connectivity index (χ2n) is 9.94. The maximum atomic E-state index is 11.8. The summed E-state index contributed by atoms with van der Waals surface area (Å²) in [5.41, 5.74) is 2.70. The summed E-state index contributed by atoms with van der Waals surface area (Å²) >= 11 is 0. The molecular weight excluding hydrogens is 404 g/mol. The van der Waals surface area contributed by atoms with Crippen molar-refractivity contribution in [3.63, 3.8) is 0 Å². The van der Waals surface area contributed by atoms with Gasteiger partial charge in [-0.15, -0.1) is 0 Å². The summed E-state index contributed by atoms with van der Waals surface area (Å²) in [5.74, 6) is -0.538. The lowest BCUT2D eigenvalue weighted by Crippen LogP contribution is -2.46. The van der Waals surface area contributed by atoms with E-state index in [0.29, 0.717) is 24.4 Å². The van der Waals surface area contributed by atoms with Crippen LogP contribution in [0.4, 0.5) is 0 Å². The lowest BCUT2D eigenvalue weighted by Gasteiger charge is -2.48. The van der Waals surface area contributed by atoms with Crippen molar-refractivity contribution in [3.05, 3.63) is 24.3 Å². The van der Waals surface area contributed by atoms with Gasteiger partial charge in [0.05, 0.1) is 21.3 Å². The van der Waals surface area contributed by atoms with Crippen molar-refractivity contribution in [2.75, 3.05) is 13.2 Å². The van der Waals surface area contributed by atoms with Crippen LogP contribution in [0, 0.1) is 0 Å². The molecule has 4 nitrogen and oxygen atoms in total. The van der Waals surface area contributed by atoms with Crippen molar-refractivity contribution >= 4 is 20.0 Å². The first kappa shape index (κ1) is 25.9. The summed E-state index contributed by atoms with van der Waals surface area (Å²) in [5, 5.41) is 0. The lowest BCUT2D eigenvalue weighted by atomic mass is 9.99. The standard InChI is InChI=1S/C26H44O4Si/c1-21(2)25(27)29-17-11-19-31(23-13-7-5-8-14-23,24-15-9-6-10-16-24)20-12-18-30-26(28)22(3)4/h23-24H,1,3,5-20H2,2,4H3. The van der Waals surface area contributed by atoms with E-state index in [1.54, 1.807) is 13.8 Å². The molecule has 0 bridgehead atoms. The number of rotatable bonds is 12. The lowest BCUT2D eigenvalue weighted by molar-refractivity contribution is -0.139. The van der Waals surface area contributed by atoms with E-state index in [2.05, 4.69) is 13.2 Å². The van der Waals surface area contributed by atoms with Crippen molar-refractivity contribution in [2.45, 2.75) is 114 Å². The Kier molecular flexibility index (Phi) is 11.1. The molecule has 31 heavy (non-hydrogen) atoms. The molecule has 0 amide bonds. The molecule has 0 atom stereocenters. The molecule has 2 aliphatic rings. The first-order chi connectivity index (χ1) is 14.9. The van der Waals surface area contributed by atoms with Crippen LogP contribution < -0.4 is 0 Å². The van der Waals surface area contributed by atoms with E-state index in [1.807, 2.05) is 0 Å². The van der Waals surface area contributed by atoms with Gasteiger partial charge in [0.25, 0.3) is 0 Å². The summed E-state index contributed by atoms with van der Waals surface area (Å²) in [4.78, 5) is 23.7. The summed E-state index contributed by atoms with van der Waals surface area (Å²) in [7, 11) is -1.62. The highest BCUT2D eigenvalue weighted by molar-refractivity contribution is 6.82. The van der Waals surface area contributed by atoms with E-state index in [-0.39, 0.29) is 11.9 Å². The summed E-state index contributed by atoms with van der Waals surface area (Å²) in [6.07, 6.45) is 15.6. The molecule has 0 saturated heterocycles. The fraction of sp³-hybridized carbons (Fsp3) is 0.769. The minimum Gasteiger partial charge on any atom is -0.462 e. The SMILES string of the molecule is C=C(C)C(=O)OCCC[Si](CCCOC(=O)C(=C)C)(C1CCCCC1)C1CCCCC1. The number of carbonyl (C=O) groups excluding carboxylic acids is 2. The molecule has 2 fully saturated rings. The second-order valence-corrected chi connectivity index (χ2v) is 15.0. The molecule has 0 unspecified atom stereocenters. The Bertz CT molecular complexity index is 561. The molecule has 2 aliphatic carbocycles. The molecule has 0 spiro atoms. The van der Waals surface area contributed by atoms with Crippen molar-refractivity contribution in [3.8, 4) is 0 Å². The molecule has 0 heterocycles. The molecule has 0 aromatic carbocycles. The Balaban J connectivity index is 2.09. The monoisotopic (exact) mass is 448 g/mol. The van der Waals surface area contributed by atoms with Crippen LogP contribution in [0.5, 0.6) is 0 Å².